The zero-order chi connectivity index (χ0) is 27.8. The highest BCUT2D eigenvalue weighted by Crippen LogP contribution is 2.32. The number of halogens is 1. The fourth-order valence-corrected chi connectivity index (χ4v) is 5.62. The van der Waals surface area contributed by atoms with Crippen LogP contribution >= 0.6 is 0 Å². The number of H-pyrrole nitrogens is 2. The van der Waals surface area contributed by atoms with E-state index in [4.69, 9.17) is 9.97 Å². The van der Waals surface area contributed by atoms with E-state index in [1.54, 1.807) is 36.9 Å². The first-order valence-electron chi connectivity index (χ1n) is 13.8. The number of hydrogen-bond donors (Lipinski definition) is 3. The van der Waals surface area contributed by atoms with Gasteiger partial charge in [-0.1, -0.05) is 31.4 Å². The Hall–Kier alpha value is -4.99. The molecule has 0 unspecified atom stereocenters. The number of rotatable bonds is 6. The number of hydrogen-bond acceptors (Lipinski definition) is 6. The van der Waals surface area contributed by atoms with Gasteiger partial charge in [0.05, 0.1) is 40.3 Å². The van der Waals surface area contributed by atoms with E-state index in [0.717, 1.165) is 40.6 Å². The smallest absolute Gasteiger partial charge is 0.224 e. The van der Waals surface area contributed by atoms with Gasteiger partial charge >= 0.3 is 0 Å². The molecule has 9 nitrogen and oxygen atoms in total. The van der Waals surface area contributed by atoms with Crippen LogP contribution in [0.15, 0.2) is 67.3 Å². The van der Waals surface area contributed by atoms with E-state index in [2.05, 4.69) is 30.5 Å². The van der Waals surface area contributed by atoms with E-state index < -0.39 is 0 Å². The number of pyridine rings is 3. The van der Waals surface area contributed by atoms with Crippen molar-refractivity contribution in [2.75, 3.05) is 5.32 Å². The average molecular weight is 547 g/mol. The van der Waals surface area contributed by atoms with Crippen LogP contribution in [0, 0.1) is 11.7 Å². The minimum absolute atomic E-state index is 0.0239. The second-order valence-electron chi connectivity index (χ2n) is 10.6. The maximum Gasteiger partial charge on any atom is 0.224 e. The van der Waals surface area contributed by atoms with Crippen molar-refractivity contribution in [1.29, 1.82) is 0 Å². The SMILES string of the molecule is O=C(CC1CCCCC1)Nc1cncc(-c2ccc3[nH]nc(-c4nc5c(-c6ccc(F)cc6)cncc5[nH]4)c3n2)c1. The van der Waals surface area contributed by atoms with Gasteiger partial charge in [0.1, 0.15) is 11.3 Å². The molecule has 6 aromatic rings. The zero-order valence-corrected chi connectivity index (χ0v) is 22.2. The van der Waals surface area contributed by atoms with E-state index >= 15 is 0 Å². The second-order valence-corrected chi connectivity index (χ2v) is 10.6. The van der Waals surface area contributed by atoms with Crippen LogP contribution in [0.25, 0.3) is 56.0 Å². The molecule has 1 aliphatic carbocycles. The molecule has 0 atom stereocenters. The first kappa shape index (κ1) is 25.0. The first-order valence-corrected chi connectivity index (χ1v) is 13.8. The monoisotopic (exact) mass is 546 g/mol. The third-order valence-corrected chi connectivity index (χ3v) is 7.70. The summed E-state index contributed by atoms with van der Waals surface area (Å²) in [5.74, 6) is 0.721. The van der Waals surface area contributed by atoms with E-state index in [0.29, 0.717) is 46.3 Å². The summed E-state index contributed by atoms with van der Waals surface area (Å²) in [6.45, 7) is 0. The van der Waals surface area contributed by atoms with E-state index in [1.165, 1.54) is 31.4 Å². The van der Waals surface area contributed by atoms with Gasteiger partial charge in [0.15, 0.2) is 11.5 Å². The summed E-state index contributed by atoms with van der Waals surface area (Å²) < 4.78 is 13.5. The lowest BCUT2D eigenvalue weighted by Gasteiger charge is -2.20. The highest BCUT2D eigenvalue weighted by atomic mass is 19.1. The standard InChI is InChI=1S/C31H27FN8O/c32-21-8-6-19(7-9-21)23-16-34-17-26-28(23)38-31(37-26)30-29-25(39-40-30)11-10-24(36-29)20-13-22(15-33-14-20)35-27(41)12-18-4-2-1-3-5-18/h6-11,13-18H,1-5,12H2,(H,35,41)(H,37,38)(H,39,40). The van der Waals surface area contributed by atoms with Crippen molar-refractivity contribution in [2.45, 2.75) is 38.5 Å². The third kappa shape index (κ3) is 5.04. The van der Waals surface area contributed by atoms with Crippen LogP contribution in [-0.2, 0) is 4.79 Å². The molecule has 1 fully saturated rings. The minimum atomic E-state index is -0.302. The maximum atomic E-state index is 13.5. The van der Waals surface area contributed by atoms with Gasteiger partial charge in [-0.3, -0.25) is 19.9 Å². The van der Waals surface area contributed by atoms with Gasteiger partial charge in [0.25, 0.3) is 0 Å². The number of anilines is 1. The molecule has 1 aromatic carbocycles. The molecule has 0 saturated heterocycles. The number of imidazole rings is 1. The van der Waals surface area contributed by atoms with Crippen LogP contribution in [-0.4, -0.2) is 41.0 Å². The van der Waals surface area contributed by atoms with Crippen molar-refractivity contribution in [1.82, 2.24) is 35.1 Å². The number of benzene rings is 1. The number of nitrogens with zero attached hydrogens (tertiary/aromatic N) is 5. The molecule has 5 heterocycles. The first-order chi connectivity index (χ1) is 20.1. The molecule has 0 radical (unpaired) electrons. The van der Waals surface area contributed by atoms with Gasteiger partial charge in [0, 0.05) is 29.9 Å². The van der Waals surface area contributed by atoms with Crippen molar-refractivity contribution in [2.24, 2.45) is 5.92 Å². The molecule has 1 amide bonds. The molecule has 10 heteroatoms. The van der Waals surface area contributed by atoms with E-state index in [-0.39, 0.29) is 11.7 Å². The van der Waals surface area contributed by atoms with Crippen molar-refractivity contribution in [3.8, 4) is 33.9 Å². The quantitative estimate of drug-likeness (QED) is 0.214. The molecule has 1 aliphatic rings. The summed E-state index contributed by atoms with van der Waals surface area (Å²) in [5.41, 5.74) is 7.12. The molecular formula is C31H27FN8O. The number of carbonyl (C=O) groups excluding carboxylic acids is 1. The summed E-state index contributed by atoms with van der Waals surface area (Å²) in [6, 6.07) is 11.9. The Morgan fingerprint density at radius 1 is 0.878 bits per heavy atom. The molecule has 7 rings (SSSR count). The van der Waals surface area contributed by atoms with Crippen molar-refractivity contribution in [3.05, 3.63) is 73.1 Å². The molecule has 0 aliphatic heterocycles. The minimum Gasteiger partial charge on any atom is -0.335 e. The third-order valence-electron chi connectivity index (χ3n) is 7.70. The van der Waals surface area contributed by atoms with Crippen molar-refractivity contribution in [3.63, 3.8) is 0 Å². The van der Waals surface area contributed by atoms with Crippen LogP contribution in [0.1, 0.15) is 38.5 Å². The van der Waals surface area contributed by atoms with Gasteiger partial charge < -0.3 is 10.3 Å². The van der Waals surface area contributed by atoms with Crippen molar-refractivity contribution < 1.29 is 9.18 Å². The summed E-state index contributed by atoms with van der Waals surface area (Å²) in [4.78, 5) is 34.4. The molecule has 0 bridgehead atoms. The van der Waals surface area contributed by atoms with Crippen LogP contribution < -0.4 is 5.32 Å². The highest BCUT2D eigenvalue weighted by Gasteiger charge is 2.19. The molecule has 0 spiro atoms. The van der Waals surface area contributed by atoms with Crippen LogP contribution in [0.5, 0.6) is 0 Å². The largest absolute Gasteiger partial charge is 0.335 e. The highest BCUT2D eigenvalue weighted by molar-refractivity contribution is 5.96. The predicted octanol–water partition coefficient (Wildman–Crippen LogP) is 6.67. The fourth-order valence-electron chi connectivity index (χ4n) is 5.62. The Balaban J connectivity index is 1.19. The summed E-state index contributed by atoms with van der Waals surface area (Å²) in [5, 5.41) is 10.6. The van der Waals surface area contributed by atoms with Crippen molar-refractivity contribution >= 4 is 33.7 Å². The number of amides is 1. The van der Waals surface area contributed by atoms with Gasteiger partial charge in [-0.2, -0.15) is 5.10 Å². The number of aromatic nitrogens is 7. The fraction of sp³-hybridized carbons (Fsp3) is 0.226. The van der Waals surface area contributed by atoms with Gasteiger partial charge in [0.2, 0.25) is 5.91 Å². The van der Waals surface area contributed by atoms with Gasteiger partial charge in [-0.05, 0) is 54.7 Å². The van der Waals surface area contributed by atoms with E-state index in [1.807, 2.05) is 18.2 Å². The Bertz CT molecular complexity index is 1870. The lowest BCUT2D eigenvalue weighted by atomic mass is 9.87. The Morgan fingerprint density at radius 2 is 1.71 bits per heavy atom. The lowest BCUT2D eigenvalue weighted by Crippen LogP contribution is -2.18. The van der Waals surface area contributed by atoms with Crippen LogP contribution in [0.4, 0.5) is 10.1 Å². The topological polar surface area (TPSA) is 125 Å². The maximum absolute atomic E-state index is 13.5. The summed E-state index contributed by atoms with van der Waals surface area (Å²) >= 11 is 0. The Morgan fingerprint density at radius 3 is 2.56 bits per heavy atom. The molecule has 41 heavy (non-hydrogen) atoms. The normalized spacial score (nSPS) is 14.1. The molecular weight excluding hydrogens is 519 g/mol. The van der Waals surface area contributed by atoms with Crippen LogP contribution in [0.2, 0.25) is 0 Å². The number of aromatic amines is 2. The summed E-state index contributed by atoms with van der Waals surface area (Å²) in [7, 11) is 0. The molecule has 204 valence electrons. The summed E-state index contributed by atoms with van der Waals surface area (Å²) in [6.07, 6.45) is 13.3. The molecule has 1 saturated carbocycles. The number of carbonyl (C=O) groups is 1. The molecule has 5 aromatic heterocycles. The average Bonchev–Trinajstić information content (AvgIpc) is 3.62. The molecule has 3 N–H and O–H groups in total. The number of nitrogens with one attached hydrogen (secondary N) is 3. The number of fused-ring (bicyclic) bond motifs is 2. The van der Waals surface area contributed by atoms with Gasteiger partial charge in [-0.15, -0.1) is 0 Å². The predicted molar refractivity (Wildman–Crippen MR) is 155 cm³/mol. The Labute approximate surface area is 234 Å². The zero-order valence-electron chi connectivity index (χ0n) is 22.2. The van der Waals surface area contributed by atoms with Gasteiger partial charge in [-0.25, -0.2) is 14.4 Å². The Kier molecular flexibility index (Phi) is 6.42. The second kappa shape index (κ2) is 10.5. The van der Waals surface area contributed by atoms with E-state index in [9.17, 15) is 9.18 Å². The lowest BCUT2D eigenvalue weighted by molar-refractivity contribution is -0.117. The van der Waals surface area contributed by atoms with Crippen LogP contribution in [0.3, 0.4) is 0 Å².